The number of esters is 1. The zero-order valence-electron chi connectivity index (χ0n) is 13.8. The average molecular weight is 370 g/mol. The van der Waals surface area contributed by atoms with Gasteiger partial charge in [-0.15, -0.1) is 0 Å². The predicted molar refractivity (Wildman–Crippen MR) is 87.9 cm³/mol. The lowest BCUT2D eigenvalue weighted by molar-refractivity contribution is -0.122. The van der Waals surface area contributed by atoms with Crippen molar-refractivity contribution in [2.45, 2.75) is 26.9 Å². The van der Waals surface area contributed by atoms with Gasteiger partial charge in [0, 0.05) is 6.07 Å². The summed E-state index contributed by atoms with van der Waals surface area (Å²) in [5, 5.41) is 2.69. The zero-order valence-corrected chi connectivity index (χ0v) is 14.6. The number of carbonyl (C=O) groups is 2. The second-order valence-electron chi connectivity index (χ2n) is 4.98. The molecule has 1 atom stereocenters. The number of aryl methyl sites for hydroxylation is 1. The fraction of sp³-hybridized carbons (Fsp3) is 0.312. The van der Waals surface area contributed by atoms with Gasteiger partial charge in [0.15, 0.2) is 22.8 Å². The van der Waals surface area contributed by atoms with E-state index in [0.717, 1.165) is 23.5 Å². The highest BCUT2D eigenvalue weighted by Crippen LogP contribution is 2.24. The molecule has 1 amide bonds. The molecule has 1 N–H and O–H groups in total. The molecular formula is C16H16F2N2O4S. The van der Waals surface area contributed by atoms with Gasteiger partial charge in [-0.3, -0.25) is 10.1 Å². The summed E-state index contributed by atoms with van der Waals surface area (Å²) in [6, 6.07) is 2.79. The van der Waals surface area contributed by atoms with E-state index in [1.54, 1.807) is 13.8 Å². The van der Waals surface area contributed by atoms with Gasteiger partial charge in [0.05, 0.1) is 12.3 Å². The van der Waals surface area contributed by atoms with E-state index < -0.39 is 29.6 Å². The van der Waals surface area contributed by atoms with Crippen molar-refractivity contribution >= 4 is 28.3 Å². The molecule has 0 bridgehead atoms. The minimum Gasteiger partial charge on any atom is -0.478 e. The van der Waals surface area contributed by atoms with Crippen LogP contribution in [0.1, 0.15) is 29.2 Å². The van der Waals surface area contributed by atoms with E-state index in [-0.39, 0.29) is 22.4 Å². The number of hydrogen-bond donors (Lipinski definition) is 1. The van der Waals surface area contributed by atoms with E-state index in [0.29, 0.717) is 11.8 Å². The van der Waals surface area contributed by atoms with Gasteiger partial charge in [-0.1, -0.05) is 11.3 Å². The molecule has 2 aromatic rings. The molecule has 0 saturated carbocycles. The number of aromatic nitrogens is 1. The van der Waals surface area contributed by atoms with E-state index in [2.05, 4.69) is 10.3 Å². The molecule has 0 spiro atoms. The van der Waals surface area contributed by atoms with E-state index in [1.165, 1.54) is 6.92 Å². The van der Waals surface area contributed by atoms with Gasteiger partial charge < -0.3 is 9.47 Å². The van der Waals surface area contributed by atoms with Crippen LogP contribution in [0.25, 0.3) is 0 Å². The van der Waals surface area contributed by atoms with Crippen LogP contribution in [0.15, 0.2) is 18.2 Å². The third-order valence-corrected chi connectivity index (χ3v) is 4.11. The summed E-state index contributed by atoms with van der Waals surface area (Å²) in [6.07, 6.45) is -1.06. The Morgan fingerprint density at radius 2 is 2.08 bits per heavy atom. The Balaban J connectivity index is 2.03. The van der Waals surface area contributed by atoms with Crippen LogP contribution in [-0.2, 0) is 9.53 Å². The Kier molecular flexibility index (Phi) is 6.02. The number of carbonyl (C=O) groups excluding carboxylic acids is 2. The summed E-state index contributed by atoms with van der Waals surface area (Å²) < 4.78 is 36.5. The lowest BCUT2D eigenvalue weighted by atomic mass is 10.3. The molecule has 0 aliphatic rings. The number of nitrogens with one attached hydrogen (secondary N) is 1. The van der Waals surface area contributed by atoms with Crippen LogP contribution in [0.3, 0.4) is 0 Å². The lowest BCUT2D eigenvalue weighted by Crippen LogP contribution is -2.30. The molecule has 0 saturated heterocycles. The van der Waals surface area contributed by atoms with Gasteiger partial charge in [-0.25, -0.2) is 18.6 Å². The van der Waals surface area contributed by atoms with Crippen LogP contribution in [0, 0.1) is 18.6 Å². The molecule has 1 aromatic heterocycles. The number of hydrogen-bond acceptors (Lipinski definition) is 6. The molecule has 1 heterocycles. The van der Waals surface area contributed by atoms with Crippen LogP contribution in [-0.4, -0.2) is 29.6 Å². The van der Waals surface area contributed by atoms with Gasteiger partial charge in [-0.05, 0) is 32.9 Å². The number of benzene rings is 1. The number of nitrogens with zero attached hydrogens (tertiary/aromatic N) is 1. The third-order valence-electron chi connectivity index (χ3n) is 3.05. The number of ether oxygens (including phenoxy) is 2. The van der Waals surface area contributed by atoms with Gasteiger partial charge in [0.1, 0.15) is 10.7 Å². The first-order valence-corrected chi connectivity index (χ1v) is 8.20. The van der Waals surface area contributed by atoms with Crippen LogP contribution in [0.4, 0.5) is 13.9 Å². The predicted octanol–water partition coefficient (Wildman–Crippen LogP) is 3.31. The van der Waals surface area contributed by atoms with Crippen LogP contribution in [0.5, 0.6) is 5.75 Å². The molecule has 0 unspecified atom stereocenters. The highest BCUT2D eigenvalue weighted by Gasteiger charge is 2.21. The van der Waals surface area contributed by atoms with Crippen molar-refractivity contribution in [3.05, 3.63) is 40.4 Å². The smallest absolute Gasteiger partial charge is 0.350 e. The highest BCUT2D eigenvalue weighted by molar-refractivity contribution is 7.17. The molecule has 6 nitrogen and oxygen atoms in total. The standard InChI is InChI=1S/C16H16F2N2O4S/c1-4-23-15(22)13-8(2)19-16(25-13)20-14(21)9(3)24-12-6-5-10(17)7-11(12)18/h5-7,9H,4H2,1-3H3,(H,19,20,21)/t9-/m1/s1. The summed E-state index contributed by atoms with van der Waals surface area (Å²) in [7, 11) is 0. The van der Waals surface area contributed by atoms with E-state index >= 15 is 0 Å². The largest absolute Gasteiger partial charge is 0.478 e. The SMILES string of the molecule is CCOC(=O)c1sc(NC(=O)[C@@H](C)Oc2ccc(F)cc2F)nc1C. The molecule has 1 aromatic carbocycles. The van der Waals surface area contributed by atoms with Crippen molar-refractivity contribution in [2.24, 2.45) is 0 Å². The minimum atomic E-state index is -1.06. The molecule has 0 aliphatic carbocycles. The van der Waals surface area contributed by atoms with Gasteiger partial charge in [0.25, 0.3) is 5.91 Å². The Labute approximate surface area is 146 Å². The monoisotopic (exact) mass is 370 g/mol. The molecule has 25 heavy (non-hydrogen) atoms. The number of rotatable bonds is 6. The minimum absolute atomic E-state index is 0.195. The molecule has 0 fully saturated rings. The number of amides is 1. The second kappa shape index (κ2) is 8.02. The third kappa shape index (κ3) is 4.72. The highest BCUT2D eigenvalue weighted by atomic mass is 32.1. The van der Waals surface area contributed by atoms with E-state index in [1.807, 2.05) is 0 Å². The molecule has 0 radical (unpaired) electrons. The molecule has 9 heteroatoms. The number of anilines is 1. The van der Waals surface area contributed by atoms with Gasteiger partial charge >= 0.3 is 5.97 Å². The summed E-state index contributed by atoms with van der Waals surface area (Å²) in [5.74, 6) is -3.00. The van der Waals surface area contributed by atoms with E-state index in [9.17, 15) is 18.4 Å². The fourth-order valence-electron chi connectivity index (χ4n) is 1.86. The van der Waals surface area contributed by atoms with Crippen molar-refractivity contribution in [3.8, 4) is 5.75 Å². The van der Waals surface area contributed by atoms with Crippen molar-refractivity contribution in [1.82, 2.24) is 4.98 Å². The summed E-state index contributed by atoms with van der Waals surface area (Å²) in [6.45, 7) is 4.94. The van der Waals surface area contributed by atoms with Crippen molar-refractivity contribution in [3.63, 3.8) is 0 Å². The maximum Gasteiger partial charge on any atom is 0.350 e. The zero-order chi connectivity index (χ0) is 18.6. The van der Waals surface area contributed by atoms with Crippen LogP contribution in [0.2, 0.25) is 0 Å². The Hall–Kier alpha value is -2.55. The Morgan fingerprint density at radius 1 is 1.36 bits per heavy atom. The fourth-order valence-corrected chi connectivity index (χ4v) is 2.72. The maximum absolute atomic E-state index is 13.6. The normalized spacial score (nSPS) is 11.7. The lowest BCUT2D eigenvalue weighted by Gasteiger charge is -2.14. The quantitative estimate of drug-likeness (QED) is 0.790. The summed E-state index contributed by atoms with van der Waals surface area (Å²) in [4.78, 5) is 28.2. The first-order chi connectivity index (χ1) is 11.8. The summed E-state index contributed by atoms with van der Waals surface area (Å²) in [5.41, 5.74) is 0.428. The van der Waals surface area contributed by atoms with Crippen molar-refractivity contribution in [2.75, 3.05) is 11.9 Å². The average Bonchev–Trinajstić information content (AvgIpc) is 2.90. The van der Waals surface area contributed by atoms with Crippen molar-refractivity contribution < 1.29 is 27.8 Å². The van der Waals surface area contributed by atoms with Gasteiger partial charge in [0.2, 0.25) is 0 Å². The summed E-state index contributed by atoms with van der Waals surface area (Å²) >= 11 is 0.968. The van der Waals surface area contributed by atoms with Crippen LogP contribution >= 0.6 is 11.3 Å². The topological polar surface area (TPSA) is 77.5 Å². The maximum atomic E-state index is 13.6. The molecule has 0 aliphatic heterocycles. The second-order valence-corrected chi connectivity index (χ2v) is 5.98. The number of halogens is 2. The van der Waals surface area contributed by atoms with Crippen LogP contribution < -0.4 is 10.1 Å². The first-order valence-electron chi connectivity index (χ1n) is 7.39. The van der Waals surface area contributed by atoms with E-state index in [4.69, 9.17) is 9.47 Å². The van der Waals surface area contributed by atoms with Gasteiger partial charge in [-0.2, -0.15) is 0 Å². The Bertz CT molecular complexity index is 794. The Morgan fingerprint density at radius 3 is 2.72 bits per heavy atom. The molecule has 134 valence electrons. The molecular weight excluding hydrogens is 354 g/mol. The molecule has 2 rings (SSSR count). The number of thiazole rings is 1. The first kappa shape index (κ1) is 18.8. The van der Waals surface area contributed by atoms with Crippen molar-refractivity contribution in [1.29, 1.82) is 0 Å².